The lowest BCUT2D eigenvalue weighted by Gasteiger charge is -2.36. The average Bonchev–Trinajstić information content (AvgIpc) is 3.05. The molecule has 0 spiro atoms. The van der Waals surface area contributed by atoms with E-state index in [4.69, 9.17) is 0 Å². The first-order valence-electron chi connectivity index (χ1n) is 9.18. The van der Waals surface area contributed by atoms with Crippen molar-refractivity contribution in [3.05, 3.63) is 40.5 Å². The van der Waals surface area contributed by atoms with Gasteiger partial charge in [0.2, 0.25) is 0 Å². The van der Waals surface area contributed by atoms with Gasteiger partial charge in [-0.15, -0.1) is 11.3 Å². The summed E-state index contributed by atoms with van der Waals surface area (Å²) in [5.41, 5.74) is 2.81. The van der Waals surface area contributed by atoms with E-state index in [1.165, 1.54) is 23.2 Å². The van der Waals surface area contributed by atoms with Gasteiger partial charge in [0.25, 0.3) is 0 Å². The maximum atomic E-state index is 12.6. The molecular weight excluding hydrogens is 396 g/mol. The second-order valence-electron chi connectivity index (χ2n) is 6.80. The van der Waals surface area contributed by atoms with Crippen molar-refractivity contribution in [2.24, 2.45) is 0 Å². The van der Waals surface area contributed by atoms with Crippen molar-refractivity contribution < 1.29 is 13.5 Å². The number of aryl methyl sites for hydroxylation is 2. The third-order valence-corrected chi connectivity index (χ3v) is 6.17. The molecule has 0 unspecified atom stereocenters. The molecule has 6 nitrogen and oxygen atoms in total. The summed E-state index contributed by atoms with van der Waals surface area (Å²) in [4.78, 5) is 14.5. The largest absolute Gasteiger partial charge is 0.435 e. The molecule has 4 rings (SSSR count). The van der Waals surface area contributed by atoms with E-state index in [9.17, 15) is 14.0 Å². The van der Waals surface area contributed by atoms with Crippen molar-refractivity contribution in [3.63, 3.8) is 0 Å². The topological polar surface area (TPSA) is 65.3 Å². The molecular formula is C20H19F2N5OS. The maximum Gasteiger partial charge on any atom is 0.387 e. The van der Waals surface area contributed by atoms with Crippen molar-refractivity contribution in [3.8, 4) is 11.8 Å². The van der Waals surface area contributed by atoms with Gasteiger partial charge in [0.05, 0.1) is 22.5 Å². The SMILES string of the molecule is Cc1nc(N2CCN(c3c(C#N)cnc4ccc(OC(F)F)cc34)CC2)sc1C. The number of hydrogen-bond donors (Lipinski definition) is 0. The van der Waals surface area contributed by atoms with Crippen LogP contribution in [0.1, 0.15) is 16.1 Å². The minimum Gasteiger partial charge on any atom is -0.435 e. The van der Waals surface area contributed by atoms with Crippen LogP contribution in [0.4, 0.5) is 19.6 Å². The van der Waals surface area contributed by atoms with E-state index in [2.05, 4.69) is 37.5 Å². The van der Waals surface area contributed by atoms with E-state index in [0.29, 0.717) is 35.2 Å². The highest BCUT2D eigenvalue weighted by Gasteiger charge is 2.24. The van der Waals surface area contributed by atoms with Crippen LogP contribution in [0, 0.1) is 25.2 Å². The Morgan fingerprint density at radius 3 is 2.52 bits per heavy atom. The van der Waals surface area contributed by atoms with Gasteiger partial charge in [0, 0.05) is 42.6 Å². The number of piperazine rings is 1. The molecule has 1 aliphatic heterocycles. The summed E-state index contributed by atoms with van der Waals surface area (Å²) in [5, 5.41) is 11.2. The van der Waals surface area contributed by atoms with Crippen LogP contribution in [0.25, 0.3) is 10.9 Å². The van der Waals surface area contributed by atoms with Gasteiger partial charge in [0.1, 0.15) is 11.8 Å². The molecule has 1 saturated heterocycles. The van der Waals surface area contributed by atoms with E-state index >= 15 is 0 Å². The molecule has 2 aromatic heterocycles. The maximum absolute atomic E-state index is 12.6. The van der Waals surface area contributed by atoms with Gasteiger partial charge in [-0.3, -0.25) is 4.98 Å². The van der Waals surface area contributed by atoms with E-state index in [1.54, 1.807) is 17.4 Å². The molecule has 29 heavy (non-hydrogen) atoms. The average molecular weight is 415 g/mol. The zero-order valence-electron chi connectivity index (χ0n) is 16.0. The zero-order chi connectivity index (χ0) is 20.5. The Morgan fingerprint density at radius 1 is 1.17 bits per heavy atom. The Bertz CT molecular complexity index is 1070. The molecule has 0 atom stereocenters. The van der Waals surface area contributed by atoms with E-state index in [-0.39, 0.29) is 5.75 Å². The molecule has 0 N–H and O–H groups in total. The van der Waals surface area contributed by atoms with Crippen molar-refractivity contribution in [2.45, 2.75) is 20.5 Å². The fraction of sp³-hybridized carbons (Fsp3) is 0.350. The smallest absolute Gasteiger partial charge is 0.387 e. The lowest BCUT2D eigenvalue weighted by atomic mass is 10.1. The lowest BCUT2D eigenvalue weighted by molar-refractivity contribution is -0.0497. The van der Waals surface area contributed by atoms with Crippen LogP contribution in [-0.2, 0) is 0 Å². The molecule has 3 heterocycles. The van der Waals surface area contributed by atoms with Gasteiger partial charge in [0.15, 0.2) is 5.13 Å². The number of hydrogen-bond acceptors (Lipinski definition) is 7. The number of nitriles is 1. The minimum atomic E-state index is -2.91. The van der Waals surface area contributed by atoms with Crippen molar-refractivity contribution in [2.75, 3.05) is 36.0 Å². The normalized spacial score (nSPS) is 14.5. The number of rotatable bonds is 4. The van der Waals surface area contributed by atoms with Crippen LogP contribution in [0.15, 0.2) is 24.4 Å². The second-order valence-corrected chi connectivity index (χ2v) is 7.98. The number of ether oxygens (including phenoxy) is 1. The monoisotopic (exact) mass is 415 g/mol. The first kappa shape index (κ1) is 19.3. The van der Waals surface area contributed by atoms with Gasteiger partial charge in [-0.2, -0.15) is 14.0 Å². The molecule has 1 aliphatic rings. The molecule has 0 amide bonds. The second kappa shape index (κ2) is 7.79. The number of anilines is 2. The number of fused-ring (bicyclic) bond motifs is 1. The third kappa shape index (κ3) is 3.80. The molecule has 150 valence electrons. The summed E-state index contributed by atoms with van der Waals surface area (Å²) in [7, 11) is 0. The van der Waals surface area contributed by atoms with Crippen molar-refractivity contribution >= 4 is 33.1 Å². The molecule has 0 saturated carbocycles. The molecule has 1 aromatic carbocycles. The zero-order valence-corrected chi connectivity index (χ0v) is 16.8. The van der Waals surface area contributed by atoms with Crippen LogP contribution in [0.5, 0.6) is 5.75 Å². The summed E-state index contributed by atoms with van der Waals surface area (Å²) < 4.78 is 29.8. The van der Waals surface area contributed by atoms with Gasteiger partial charge in [-0.1, -0.05) is 0 Å². The molecule has 0 radical (unpaired) electrons. The lowest BCUT2D eigenvalue weighted by Crippen LogP contribution is -2.46. The number of pyridine rings is 1. The highest BCUT2D eigenvalue weighted by molar-refractivity contribution is 7.15. The highest BCUT2D eigenvalue weighted by atomic mass is 32.1. The number of benzene rings is 1. The third-order valence-electron chi connectivity index (χ3n) is 5.04. The van der Waals surface area contributed by atoms with Crippen LogP contribution < -0.4 is 14.5 Å². The Balaban J connectivity index is 1.65. The van der Waals surface area contributed by atoms with Gasteiger partial charge in [-0.05, 0) is 32.0 Å². The number of aromatic nitrogens is 2. The molecule has 9 heteroatoms. The number of alkyl halides is 2. The van der Waals surface area contributed by atoms with Gasteiger partial charge < -0.3 is 14.5 Å². The number of nitrogens with zero attached hydrogens (tertiary/aromatic N) is 5. The van der Waals surface area contributed by atoms with Gasteiger partial charge in [-0.25, -0.2) is 4.98 Å². The molecule has 0 aliphatic carbocycles. The Morgan fingerprint density at radius 2 is 1.90 bits per heavy atom. The Labute approximate surface area is 171 Å². The summed E-state index contributed by atoms with van der Waals surface area (Å²) in [6.45, 7) is 4.05. The van der Waals surface area contributed by atoms with Crippen molar-refractivity contribution in [1.29, 1.82) is 5.26 Å². The summed E-state index contributed by atoms with van der Waals surface area (Å²) in [6, 6.07) is 6.81. The van der Waals surface area contributed by atoms with Crippen LogP contribution in [-0.4, -0.2) is 42.8 Å². The molecule has 0 bridgehead atoms. The first-order valence-corrected chi connectivity index (χ1v) is 9.99. The van der Waals surface area contributed by atoms with E-state index in [0.717, 1.165) is 23.9 Å². The fourth-order valence-corrected chi connectivity index (χ4v) is 4.43. The van der Waals surface area contributed by atoms with Crippen molar-refractivity contribution in [1.82, 2.24) is 9.97 Å². The standard InChI is InChI=1S/C20H19F2N5OS/c1-12-13(2)29-20(25-12)27-7-5-26(6-8-27)18-14(10-23)11-24-17-4-3-15(9-16(17)18)28-19(21)22/h3-4,9,11,19H,5-8H2,1-2H3. The number of halogens is 2. The summed E-state index contributed by atoms with van der Waals surface area (Å²) in [5.74, 6) is 0.0537. The van der Waals surface area contributed by atoms with E-state index in [1.807, 2.05) is 6.92 Å². The first-order chi connectivity index (χ1) is 14.0. The molecule has 1 fully saturated rings. The van der Waals surface area contributed by atoms with Crippen LogP contribution in [0.3, 0.4) is 0 Å². The number of thiazole rings is 1. The summed E-state index contributed by atoms with van der Waals surface area (Å²) >= 11 is 1.68. The Kier molecular flexibility index (Phi) is 5.20. The quantitative estimate of drug-likeness (QED) is 0.639. The van der Waals surface area contributed by atoms with E-state index < -0.39 is 6.61 Å². The fourth-order valence-electron chi connectivity index (χ4n) is 3.47. The Hall–Kier alpha value is -2.99. The predicted molar refractivity (Wildman–Crippen MR) is 109 cm³/mol. The highest BCUT2D eigenvalue weighted by Crippen LogP contribution is 2.34. The molecule has 3 aromatic rings. The predicted octanol–water partition coefficient (Wildman–Crippen LogP) is 4.11. The minimum absolute atomic E-state index is 0.0537. The van der Waals surface area contributed by atoms with Crippen LogP contribution in [0.2, 0.25) is 0 Å². The van der Waals surface area contributed by atoms with Crippen LogP contribution >= 0.6 is 11.3 Å². The summed E-state index contributed by atoms with van der Waals surface area (Å²) in [6.07, 6.45) is 1.53. The van der Waals surface area contributed by atoms with Gasteiger partial charge >= 0.3 is 6.61 Å².